The summed E-state index contributed by atoms with van der Waals surface area (Å²) in [7, 11) is 0. The average molecular weight is 232 g/mol. The van der Waals surface area contributed by atoms with Crippen molar-refractivity contribution in [3.63, 3.8) is 0 Å². The molecule has 0 spiro atoms. The predicted molar refractivity (Wildman–Crippen MR) is 72.9 cm³/mol. The SMILES string of the molecule is Cc1ccccc1CN1CCCC(CN)CC1. The van der Waals surface area contributed by atoms with Crippen LogP contribution in [0.3, 0.4) is 0 Å². The monoisotopic (exact) mass is 232 g/mol. The Hall–Kier alpha value is -0.860. The maximum atomic E-state index is 5.78. The molecule has 0 aromatic heterocycles. The van der Waals surface area contributed by atoms with E-state index in [4.69, 9.17) is 5.73 Å². The van der Waals surface area contributed by atoms with Gasteiger partial charge in [0.2, 0.25) is 0 Å². The maximum Gasteiger partial charge on any atom is 0.0236 e. The molecule has 2 N–H and O–H groups in total. The Kier molecular flexibility index (Phi) is 4.57. The van der Waals surface area contributed by atoms with E-state index in [2.05, 4.69) is 36.1 Å². The second kappa shape index (κ2) is 6.18. The Bertz CT molecular complexity index is 349. The van der Waals surface area contributed by atoms with Crippen LogP contribution in [0.4, 0.5) is 0 Å². The van der Waals surface area contributed by atoms with Crippen molar-refractivity contribution in [1.29, 1.82) is 0 Å². The fraction of sp³-hybridized carbons (Fsp3) is 0.600. The van der Waals surface area contributed by atoms with Gasteiger partial charge in [-0.25, -0.2) is 0 Å². The lowest BCUT2D eigenvalue weighted by Crippen LogP contribution is -2.25. The molecular weight excluding hydrogens is 208 g/mol. The topological polar surface area (TPSA) is 29.3 Å². The fourth-order valence-corrected chi connectivity index (χ4v) is 2.65. The third-order valence-electron chi connectivity index (χ3n) is 3.93. The van der Waals surface area contributed by atoms with Crippen LogP contribution >= 0.6 is 0 Å². The van der Waals surface area contributed by atoms with Crippen molar-refractivity contribution in [3.8, 4) is 0 Å². The van der Waals surface area contributed by atoms with Crippen molar-refractivity contribution in [1.82, 2.24) is 4.90 Å². The Balaban J connectivity index is 1.93. The fourth-order valence-electron chi connectivity index (χ4n) is 2.65. The van der Waals surface area contributed by atoms with Crippen LogP contribution in [0.2, 0.25) is 0 Å². The number of rotatable bonds is 3. The molecule has 0 radical (unpaired) electrons. The molecule has 1 unspecified atom stereocenters. The highest BCUT2D eigenvalue weighted by molar-refractivity contribution is 5.25. The molecule has 0 bridgehead atoms. The van der Waals surface area contributed by atoms with E-state index >= 15 is 0 Å². The van der Waals surface area contributed by atoms with Gasteiger partial charge in [-0.15, -0.1) is 0 Å². The lowest BCUT2D eigenvalue weighted by molar-refractivity contribution is 0.272. The molecule has 0 aliphatic carbocycles. The summed E-state index contributed by atoms with van der Waals surface area (Å²) in [6.45, 7) is 6.60. The van der Waals surface area contributed by atoms with Crippen molar-refractivity contribution >= 4 is 0 Å². The minimum atomic E-state index is 0.747. The van der Waals surface area contributed by atoms with Crippen LogP contribution in [0.15, 0.2) is 24.3 Å². The first-order valence-corrected chi connectivity index (χ1v) is 6.76. The van der Waals surface area contributed by atoms with Crippen LogP contribution in [0.25, 0.3) is 0 Å². The van der Waals surface area contributed by atoms with Crippen molar-refractivity contribution in [3.05, 3.63) is 35.4 Å². The molecule has 1 aromatic carbocycles. The van der Waals surface area contributed by atoms with Crippen LogP contribution in [-0.2, 0) is 6.54 Å². The zero-order chi connectivity index (χ0) is 12.1. The number of hydrogen-bond donors (Lipinski definition) is 1. The van der Waals surface area contributed by atoms with E-state index in [-0.39, 0.29) is 0 Å². The second-order valence-electron chi connectivity index (χ2n) is 5.24. The maximum absolute atomic E-state index is 5.78. The molecule has 17 heavy (non-hydrogen) atoms. The van der Waals surface area contributed by atoms with Gasteiger partial charge in [0.1, 0.15) is 0 Å². The molecule has 0 amide bonds. The molecule has 1 saturated heterocycles. The summed E-state index contributed by atoms with van der Waals surface area (Å²) in [5.41, 5.74) is 8.66. The summed E-state index contributed by atoms with van der Waals surface area (Å²) in [6, 6.07) is 8.71. The second-order valence-corrected chi connectivity index (χ2v) is 5.24. The predicted octanol–water partition coefficient (Wildman–Crippen LogP) is 2.56. The highest BCUT2D eigenvalue weighted by Gasteiger charge is 2.16. The van der Waals surface area contributed by atoms with E-state index in [1.54, 1.807) is 0 Å². The number of benzene rings is 1. The smallest absolute Gasteiger partial charge is 0.0236 e. The summed E-state index contributed by atoms with van der Waals surface area (Å²) in [6.07, 6.45) is 3.87. The third-order valence-corrected chi connectivity index (χ3v) is 3.93. The minimum absolute atomic E-state index is 0.747. The van der Waals surface area contributed by atoms with Crippen LogP contribution in [0.5, 0.6) is 0 Å². The van der Waals surface area contributed by atoms with E-state index in [9.17, 15) is 0 Å². The van der Waals surface area contributed by atoms with Crippen molar-refractivity contribution in [2.24, 2.45) is 11.7 Å². The number of nitrogens with zero attached hydrogens (tertiary/aromatic N) is 1. The van der Waals surface area contributed by atoms with Gasteiger partial charge in [-0.3, -0.25) is 4.90 Å². The van der Waals surface area contributed by atoms with Crippen molar-refractivity contribution in [2.45, 2.75) is 32.7 Å². The van der Waals surface area contributed by atoms with Gasteiger partial charge in [0.25, 0.3) is 0 Å². The molecule has 2 rings (SSSR count). The quantitative estimate of drug-likeness (QED) is 0.868. The summed E-state index contributed by atoms with van der Waals surface area (Å²) >= 11 is 0. The lowest BCUT2D eigenvalue weighted by Gasteiger charge is -2.21. The molecule has 1 heterocycles. The minimum Gasteiger partial charge on any atom is -0.330 e. The summed E-state index contributed by atoms with van der Waals surface area (Å²) in [4.78, 5) is 2.58. The molecule has 1 fully saturated rings. The van der Waals surface area contributed by atoms with E-state index in [1.165, 1.54) is 43.5 Å². The molecule has 0 saturated carbocycles. The number of nitrogens with two attached hydrogens (primary N) is 1. The highest BCUT2D eigenvalue weighted by atomic mass is 15.1. The van der Waals surface area contributed by atoms with E-state index in [0.29, 0.717) is 0 Å². The molecular formula is C15H24N2. The van der Waals surface area contributed by atoms with Crippen LogP contribution in [-0.4, -0.2) is 24.5 Å². The van der Waals surface area contributed by atoms with Gasteiger partial charge in [0.15, 0.2) is 0 Å². The Morgan fingerprint density at radius 1 is 1.24 bits per heavy atom. The molecule has 1 atom stereocenters. The van der Waals surface area contributed by atoms with Gasteiger partial charge < -0.3 is 5.73 Å². The van der Waals surface area contributed by atoms with Gasteiger partial charge in [0, 0.05) is 6.54 Å². The Morgan fingerprint density at radius 2 is 2.06 bits per heavy atom. The van der Waals surface area contributed by atoms with Crippen LogP contribution < -0.4 is 5.73 Å². The van der Waals surface area contributed by atoms with Gasteiger partial charge >= 0.3 is 0 Å². The summed E-state index contributed by atoms with van der Waals surface area (Å²) in [5, 5.41) is 0. The zero-order valence-electron chi connectivity index (χ0n) is 10.9. The van der Waals surface area contributed by atoms with Crippen molar-refractivity contribution in [2.75, 3.05) is 19.6 Å². The van der Waals surface area contributed by atoms with E-state index < -0.39 is 0 Å². The first kappa shape index (κ1) is 12.6. The van der Waals surface area contributed by atoms with Gasteiger partial charge in [0.05, 0.1) is 0 Å². The highest BCUT2D eigenvalue weighted by Crippen LogP contribution is 2.19. The average Bonchev–Trinajstić information content (AvgIpc) is 2.57. The third kappa shape index (κ3) is 3.55. The van der Waals surface area contributed by atoms with Crippen LogP contribution in [0, 0.1) is 12.8 Å². The molecule has 2 heteroatoms. The summed E-state index contributed by atoms with van der Waals surface area (Å²) in [5.74, 6) is 0.747. The molecule has 94 valence electrons. The first-order chi connectivity index (χ1) is 8.29. The van der Waals surface area contributed by atoms with E-state index in [0.717, 1.165) is 19.0 Å². The Labute approximate surface area is 105 Å². The largest absolute Gasteiger partial charge is 0.330 e. The standard InChI is InChI=1S/C15H24N2/c1-13-5-2-3-7-15(13)12-17-9-4-6-14(11-16)8-10-17/h2-3,5,7,14H,4,6,8-12,16H2,1H3. The van der Waals surface area contributed by atoms with E-state index in [1.807, 2.05) is 0 Å². The Morgan fingerprint density at radius 3 is 2.82 bits per heavy atom. The molecule has 2 nitrogen and oxygen atoms in total. The number of hydrogen-bond acceptors (Lipinski definition) is 2. The molecule has 1 aliphatic heterocycles. The van der Waals surface area contributed by atoms with Crippen LogP contribution in [0.1, 0.15) is 30.4 Å². The van der Waals surface area contributed by atoms with Gasteiger partial charge in [-0.1, -0.05) is 24.3 Å². The van der Waals surface area contributed by atoms with Gasteiger partial charge in [-0.05, 0) is 62.9 Å². The molecule has 1 aromatic rings. The normalized spacial score (nSPS) is 22.4. The number of aryl methyl sites for hydroxylation is 1. The first-order valence-electron chi connectivity index (χ1n) is 6.76. The molecule has 1 aliphatic rings. The van der Waals surface area contributed by atoms with Gasteiger partial charge in [-0.2, -0.15) is 0 Å². The number of likely N-dealkylation sites (tertiary alicyclic amines) is 1. The van der Waals surface area contributed by atoms with Crippen molar-refractivity contribution < 1.29 is 0 Å². The zero-order valence-corrected chi connectivity index (χ0v) is 10.9. The lowest BCUT2D eigenvalue weighted by atomic mass is 10.0. The summed E-state index contributed by atoms with van der Waals surface area (Å²) < 4.78 is 0.